The summed E-state index contributed by atoms with van der Waals surface area (Å²) < 4.78 is 7.92. The molecular weight excluding hydrogens is 282 g/mol. The van der Waals surface area contributed by atoms with Crippen LogP contribution in [0.3, 0.4) is 0 Å². The Labute approximate surface area is 130 Å². The van der Waals surface area contributed by atoms with Crippen LogP contribution in [0, 0.1) is 12.8 Å². The summed E-state index contributed by atoms with van der Waals surface area (Å²) in [7, 11) is 0. The van der Waals surface area contributed by atoms with Crippen LogP contribution in [0.4, 0.5) is 0 Å². The van der Waals surface area contributed by atoms with Crippen molar-refractivity contribution in [3.63, 3.8) is 0 Å². The summed E-state index contributed by atoms with van der Waals surface area (Å²) in [5.41, 5.74) is 1.23. The molecule has 2 rings (SSSR count). The fourth-order valence-electron chi connectivity index (χ4n) is 1.87. The summed E-state index contributed by atoms with van der Waals surface area (Å²) in [6.07, 6.45) is 0. The first-order valence-electron chi connectivity index (χ1n) is 7.34. The molecule has 21 heavy (non-hydrogen) atoms. The lowest BCUT2D eigenvalue weighted by Crippen LogP contribution is -2.07. The lowest BCUT2D eigenvalue weighted by atomic mass is 10.2. The van der Waals surface area contributed by atoms with Gasteiger partial charge in [0.1, 0.15) is 12.4 Å². The molecule has 0 aliphatic rings. The minimum atomic E-state index is 0.451. The summed E-state index contributed by atoms with van der Waals surface area (Å²) in [6, 6.07) is 8.06. The number of benzene rings is 1. The normalized spacial score (nSPS) is 11.1. The van der Waals surface area contributed by atoms with Crippen molar-refractivity contribution in [2.45, 2.75) is 46.0 Å². The van der Waals surface area contributed by atoms with Crippen LogP contribution in [0.2, 0.25) is 0 Å². The van der Waals surface area contributed by atoms with E-state index in [0.717, 1.165) is 29.0 Å². The molecule has 114 valence electrons. The third kappa shape index (κ3) is 4.49. The predicted octanol–water partition coefficient (Wildman–Crippen LogP) is 3.93. The summed E-state index contributed by atoms with van der Waals surface area (Å²) in [4.78, 5) is 0. The Kier molecular flexibility index (Phi) is 5.67. The van der Waals surface area contributed by atoms with E-state index in [2.05, 4.69) is 42.5 Å². The van der Waals surface area contributed by atoms with Gasteiger partial charge >= 0.3 is 0 Å². The van der Waals surface area contributed by atoms with Gasteiger partial charge in [-0.05, 0) is 31.9 Å². The molecule has 1 aromatic carbocycles. The fraction of sp³-hybridized carbons (Fsp3) is 0.500. The average molecular weight is 305 g/mol. The molecule has 2 aromatic rings. The van der Waals surface area contributed by atoms with Crippen LogP contribution in [0.25, 0.3) is 0 Å². The van der Waals surface area contributed by atoms with E-state index in [4.69, 9.17) is 4.74 Å². The molecule has 0 unspecified atom stereocenters. The van der Waals surface area contributed by atoms with Gasteiger partial charge in [-0.25, -0.2) is 0 Å². The van der Waals surface area contributed by atoms with E-state index in [9.17, 15) is 0 Å². The second-order valence-corrected chi connectivity index (χ2v) is 6.44. The maximum absolute atomic E-state index is 5.80. The van der Waals surface area contributed by atoms with Crippen molar-refractivity contribution in [2.75, 3.05) is 5.75 Å². The molecule has 0 bridgehead atoms. The van der Waals surface area contributed by atoms with E-state index in [0.29, 0.717) is 12.5 Å². The SMILES string of the molecule is CCn1c(COc2ccc(C)cc2)nnc1SCC(C)C. The third-order valence-electron chi connectivity index (χ3n) is 3.04. The summed E-state index contributed by atoms with van der Waals surface area (Å²) >= 11 is 1.76. The van der Waals surface area contributed by atoms with Crippen LogP contribution >= 0.6 is 11.8 Å². The first-order chi connectivity index (χ1) is 10.1. The van der Waals surface area contributed by atoms with E-state index in [1.165, 1.54) is 5.56 Å². The van der Waals surface area contributed by atoms with Crippen LogP contribution in [-0.2, 0) is 13.2 Å². The smallest absolute Gasteiger partial charge is 0.191 e. The van der Waals surface area contributed by atoms with Gasteiger partial charge in [0.2, 0.25) is 0 Å². The van der Waals surface area contributed by atoms with Crippen molar-refractivity contribution in [3.05, 3.63) is 35.7 Å². The average Bonchev–Trinajstić information content (AvgIpc) is 2.86. The number of ether oxygens (including phenoxy) is 1. The van der Waals surface area contributed by atoms with Gasteiger partial charge in [0, 0.05) is 12.3 Å². The van der Waals surface area contributed by atoms with E-state index in [-0.39, 0.29) is 0 Å². The zero-order chi connectivity index (χ0) is 15.2. The van der Waals surface area contributed by atoms with Crippen LogP contribution in [-0.4, -0.2) is 20.5 Å². The molecule has 0 fully saturated rings. The van der Waals surface area contributed by atoms with Gasteiger partial charge < -0.3 is 9.30 Å². The van der Waals surface area contributed by atoms with Gasteiger partial charge in [-0.15, -0.1) is 10.2 Å². The molecule has 0 saturated carbocycles. The highest BCUT2D eigenvalue weighted by Gasteiger charge is 2.12. The van der Waals surface area contributed by atoms with Crippen molar-refractivity contribution in [3.8, 4) is 5.75 Å². The number of rotatable bonds is 7. The largest absolute Gasteiger partial charge is 0.486 e. The Morgan fingerprint density at radius 3 is 2.52 bits per heavy atom. The van der Waals surface area contributed by atoms with Crippen molar-refractivity contribution in [2.24, 2.45) is 5.92 Å². The Bertz CT molecular complexity index is 563. The lowest BCUT2D eigenvalue weighted by Gasteiger charge is -2.09. The highest BCUT2D eigenvalue weighted by molar-refractivity contribution is 7.99. The zero-order valence-electron chi connectivity index (χ0n) is 13.2. The molecule has 1 aromatic heterocycles. The molecular formula is C16H23N3OS. The van der Waals surface area contributed by atoms with Crippen LogP contribution < -0.4 is 4.74 Å². The number of hydrogen-bond acceptors (Lipinski definition) is 4. The second-order valence-electron chi connectivity index (χ2n) is 5.45. The lowest BCUT2D eigenvalue weighted by molar-refractivity contribution is 0.288. The molecule has 0 aliphatic heterocycles. The Balaban J connectivity index is 2.01. The van der Waals surface area contributed by atoms with Gasteiger partial charge in [-0.1, -0.05) is 43.3 Å². The molecule has 0 spiro atoms. The van der Waals surface area contributed by atoms with E-state index < -0.39 is 0 Å². The van der Waals surface area contributed by atoms with Crippen LogP contribution in [0.15, 0.2) is 29.4 Å². The van der Waals surface area contributed by atoms with Crippen molar-refractivity contribution in [1.82, 2.24) is 14.8 Å². The van der Waals surface area contributed by atoms with Gasteiger partial charge in [0.25, 0.3) is 0 Å². The minimum Gasteiger partial charge on any atom is -0.486 e. The molecule has 0 N–H and O–H groups in total. The molecule has 0 atom stereocenters. The van der Waals surface area contributed by atoms with Crippen molar-refractivity contribution in [1.29, 1.82) is 0 Å². The molecule has 0 amide bonds. The van der Waals surface area contributed by atoms with E-state index >= 15 is 0 Å². The van der Waals surface area contributed by atoms with Gasteiger partial charge in [-0.3, -0.25) is 0 Å². The molecule has 0 radical (unpaired) electrons. The van der Waals surface area contributed by atoms with Gasteiger partial charge in [0.05, 0.1) is 0 Å². The Hall–Kier alpha value is -1.49. The maximum atomic E-state index is 5.80. The van der Waals surface area contributed by atoms with Gasteiger partial charge in [0.15, 0.2) is 11.0 Å². The molecule has 4 nitrogen and oxygen atoms in total. The first kappa shape index (κ1) is 15.9. The van der Waals surface area contributed by atoms with Crippen molar-refractivity contribution < 1.29 is 4.74 Å². The Morgan fingerprint density at radius 1 is 1.19 bits per heavy atom. The summed E-state index contributed by atoms with van der Waals surface area (Å²) in [6.45, 7) is 9.90. The fourth-order valence-corrected chi connectivity index (χ4v) is 2.85. The molecule has 1 heterocycles. The topological polar surface area (TPSA) is 39.9 Å². The maximum Gasteiger partial charge on any atom is 0.191 e. The Morgan fingerprint density at radius 2 is 1.90 bits per heavy atom. The zero-order valence-corrected chi connectivity index (χ0v) is 14.0. The number of aromatic nitrogens is 3. The quantitative estimate of drug-likeness (QED) is 0.727. The summed E-state index contributed by atoms with van der Waals surface area (Å²) in [5, 5.41) is 9.53. The number of aryl methyl sites for hydroxylation is 1. The number of nitrogens with zero attached hydrogens (tertiary/aromatic N) is 3. The standard InChI is InChI=1S/C16H23N3OS/c1-5-19-15(17-18-16(19)21-11-12(2)3)10-20-14-8-6-13(4)7-9-14/h6-9,12H,5,10-11H2,1-4H3. The third-order valence-corrected chi connectivity index (χ3v) is 4.44. The molecule has 5 heteroatoms. The van der Waals surface area contributed by atoms with Crippen LogP contribution in [0.1, 0.15) is 32.2 Å². The first-order valence-corrected chi connectivity index (χ1v) is 8.33. The number of hydrogen-bond donors (Lipinski definition) is 0. The molecule has 0 saturated heterocycles. The van der Waals surface area contributed by atoms with E-state index in [1.54, 1.807) is 11.8 Å². The predicted molar refractivity (Wildman–Crippen MR) is 86.8 cm³/mol. The number of thioether (sulfide) groups is 1. The van der Waals surface area contributed by atoms with Crippen LogP contribution in [0.5, 0.6) is 5.75 Å². The van der Waals surface area contributed by atoms with Crippen molar-refractivity contribution >= 4 is 11.8 Å². The summed E-state index contributed by atoms with van der Waals surface area (Å²) in [5.74, 6) is 3.44. The van der Waals surface area contributed by atoms with Gasteiger partial charge in [-0.2, -0.15) is 0 Å². The molecule has 0 aliphatic carbocycles. The second kappa shape index (κ2) is 7.50. The highest BCUT2D eigenvalue weighted by atomic mass is 32.2. The van der Waals surface area contributed by atoms with E-state index in [1.807, 2.05) is 24.3 Å². The minimum absolute atomic E-state index is 0.451. The monoisotopic (exact) mass is 305 g/mol. The highest BCUT2D eigenvalue weighted by Crippen LogP contribution is 2.20.